The normalized spacial score (nSPS) is 11.3. The second kappa shape index (κ2) is 7.29. The minimum absolute atomic E-state index is 0.232. The average molecular weight is 370 g/mol. The Balaban J connectivity index is 2.24. The highest BCUT2D eigenvalue weighted by atomic mass is 16.7. The summed E-state index contributed by atoms with van der Waals surface area (Å²) in [6.07, 6.45) is 0. The van der Waals surface area contributed by atoms with E-state index in [1.807, 2.05) is 12.1 Å². The molecule has 0 amide bonds. The molecule has 0 spiro atoms. The Morgan fingerprint density at radius 3 is 1.79 bits per heavy atom. The van der Waals surface area contributed by atoms with E-state index in [4.69, 9.17) is 9.47 Å². The summed E-state index contributed by atoms with van der Waals surface area (Å²) in [5, 5.41) is 5.21. The molecule has 0 saturated carbocycles. The quantitative estimate of drug-likeness (QED) is 0.288. The Labute approximate surface area is 166 Å². The van der Waals surface area contributed by atoms with Crippen molar-refractivity contribution >= 4 is 21.5 Å². The second-order valence-corrected chi connectivity index (χ2v) is 7.54. The van der Waals surface area contributed by atoms with E-state index in [2.05, 4.69) is 70.2 Å². The third kappa shape index (κ3) is 2.94. The summed E-state index contributed by atoms with van der Waals surface area (Å²) in [5.74, 6) is 0.847. The van der Waals surface area contributed by atoms with E-state index in [9.17, 15) is 0 Å². The van der Waals surface area contributed by atoms with Gasteiger partial charge in [-0.3, -0.25) is 0 Å². The van der Waals surface area contributed by atoms with Gasteiger partial charge >= 0.3 is 0 Å². The molecule has 0 N–H and O–H groups in total. The van der Waals surface area contributed by atoms with Crippen molar-refractivity contribution in [2.75, 3.05) is 13.9 Å². The first-order valence-electron chi connectivity index (χ1n) is 9.67. The summed E-state index contributed by atoms with van der Waals surface area (Å²) in [4.78, 5) is 0. The van der Waals surface area contributed by atoms with Crippen LogP contribution in [0.4, 0.5) is 0 Å². The lowest BCUT2D eigenvalue weighted by Crippen LogP contribution is -2.01. The molecule has 142 valence electrons. The fourth-order valence-electron chi connectivity index (χ4n) is 4.16. The van der Waals surface area contributed by atoms with Crippen LogP contribution in [0.5, 0.6) is 5.75 Å². The van der Waals surface area contributed by atoms with Crippen molar-refractivity contribution in [1.82, 2.24) is 0 Å². The SMILES string of the molecule is COCOc1ccccc1-c1c2c(C)ccc(C)c2cc2c(C)ccc(C)c12. The third-order valence-corrected chi connectivity index (χ3v) is 5.62. The van der Waals surface area contributed by atoms with Crippen LogP contribution in [0.1, 0.15) is 22.3 Å². The Kier molecular flexibility index (Phi) is 4.82. The molecule has 4 rings (SSSR count). The van der Waals surface area contributed by atoms with Crippen LogP contribution < -0.4 is 4.74 Å². The molecule has 28 heavy (non-hydrogen) atoms. The van der Waals surface area contributed by atoms with Crippen LogP contribution in [0.3, 0.4) is 0 Å². The number of hydrogen-bond acceptors (Lipinski definition) is 2. The van der Waals surface area contributed by atoms with Crippen molar-refractivity contribution in [3.8, 4) is 16.9 Å². The van der Waals surface area contributed by atoms with Crippen molar-refractivity contribution in [1.29, 1.82) is 0 Å². The van der Waals surface area contributed by atoms with Gasteiger partial charge in [0.25, 0.3) is 0 Å². The lowest BCUT2D eigenvalue weighted by Gasteiger charge is -2.20. The first kappa shape index (κ1) is 18.5. The van der Waals surface area contributed by atoms with E-state index in [-0.39, 0.29) is 6.79 Å². The van der Waals surface area contributed by atoms with Gasteiger partial charge in [-0.15, -0.1) is 0 Å². The maximum absolute atomic E-state index is 5.96. The van der Waals surface area contributed by atoms with Crippen LogP contribution in [0, 0.1) is 27.7 Å². The molecule has 0 bridgehead atoms. The van der Waals surface area contributed by atoms with Gasteiger partial charge in [0, 0.05) is 18.2 Å². The van der Waals surface area contributed by atoms with Crippen molar-refractivity contribution in [3.05, 3.63) is 76.9 Å². The van der Waals surface area contributed by atoms with Crippen molar-refractivity contribution < 1.29 is 9.47 Å². The fourth-order valence-corrected chi connectivity index (χ4v) is 4.16. The maximum atomic E-state index is 5.96. The monoisotopic (exact) mass is 370 g/mol. The second-order valence-electron chi connectivity index (χ2n) is 7.54. The molecule has 0 atom stereocenters. The van der Waals surface area contributed by atoms with Gasteiger partial charge in [-0.2, -0.15) is 0 Å². The van der Waals surface area contributed by atoms with Gasteiger partial charge in [-0.25, -0.2) is 0 Å². The Bertz CT molecular complexity index is 1120. The lowest BCUT2D eigenvalue weighted by atomic mass is 9.85. The van der Waals surface area contributed by atoms with Crippen molar-refractivity contribution in [2.45, 2.75) is 27.7 Å². The first-order valence-corrected chi connectivity index (χ1v) is 9.67. The first-order chi connectivity index (χ1) is 13.5. The number of ether oxygens (including phenoxy) is 2. The van der Waals surface area contributed by atoms with E-state index >= 15 is 0 Å². The average Bonchev–Trinajstić information content (AvgIpc) is 2.71. The number of fused-ring (bicyclic) bond motifs is 2. The smallest absolute Gasteiger partial charge is 0.188 e. The van der Waals surface area contributed by atoms with E-state index in [0.29, 0.717) is 0 Å². The van der Waals surface area contributed by atoms with Crippen LogP contribution in [-0.2, 0) is 4.74 Å². The van der Waals surface area contributed by atoms with Gasteiger partial charge in [-0.1, -0.05) is 42.5 Å². The number of rotatable bonds is 4. The lowest BCUT2D eigenvalue weighted by molar-refractivity contribution is 0.0515. The standard InChI is InChI=1S/C26H26O2/c1-16-10-12-18(3)24-21(16)14-22-17(2)11-13-19(4)25(22)26(24)20-8-6-7-9-23(20)28-15-27-5/h6-14H,15H2,1-5H3. The molecule has 2 heteroatoms. The molecule has 0 unspecified atom stereocenters. The Hall–Kier alpha value is -2.84. The molecule has 0 aliphatic rings. The van der Waals surface area contributed by atoms with Gasteiger partial charge < -0.3 is 9.47 Å². The molecule has 0 radical (unpaired) electrons. The zero-order valence-electron chi connectivity index (χ0n) is 17.2. The molecule has 0 saturated heterocycles. The third-order valence-electron chi connectivity index (χ3n) is 5.62. The van der Waals surface area contributed by atoms with Crippen LogP contribution in [0.15, 0.2) is 54.6 Å². The van der Waals surface area contributed by atoms with E-state index < -0.39 is 0 Å². The minimum atomic E-state index is 0.232. The number of methoxy groups -OCH3 is 1. The molecule has 0 aliphatic heterocycles. The maximum Gasteiger partial charge on any atom is 0.188 e. The number of para-hydroxylation sites is 1. The predicted molar refractivity (Wildman–Crippen MR) is 118 cm³/mol. The highest BCUT2D eigenvalue weighted by Gasteiger charge is 2.18. The summed E-state index contributed by atoms with van der Waals surface area (Å²) in [7, 11) is 1.65. The van der Waals surface area contributed by atoms with E-state index in [0.717, 1.165) is 11.3 Å². The molecular formula is C26H26O2. The molecule has 4 aromatic rings. The molecule has 2 nitrogen and oxygen atoms in total. The van der Waals surface area contributed by atoms with Crippen LogP contribution in [-0.4, -0.2) is 13.9 Å². The molecule has 0 aliphatic carbocycles. The summed E-state index contributed by atoms with van der Waals surface area (Å²) < 4.78 is 11.1. The van der Waals surface area contributed by atoms with Crippen LogP contribution >= 0.6 is 0 Å². The molecule has 0 aromatic heterocycles. The summed E-state index contributed by atoms with van der Waals surface area (Å²) in [6.45, 7) is 9.00. The van der Waals surface area contributed by atoms with E-state index in [1.54, 1.807) is 7.11 Å². The predicted octanol–water partition coefficient (Wildman–Crippen LogP) is 6.88. The van der Waals surface area contributed by atoms with E-state index in [1.165, 1.54) is 49.4 Å². The van der Waals surface area contributed by atoms with Crippen LogP contribution in [0.25, 0.3) is 32.7 Å². The zero-order chi connectivity index (χ0) is 19.8. The van der Waals surface area contributed by atoms with Gasteiger partial charge in [0.15, 0.2) is 6.79 Å². The minimum Gasteiger partial charge on any atom is -0.467 e. The Morgan fingerprint density at radius 2 is 1.21 bits per heavy atom. The van der Waals surface area contributed by atoms with Gasteiger partial charge in [0.2, 0.25) is 0 Å². The number of hydrogen-bond donors (Lipinski definition) is 0. The number of benzene rings is 4. The van der Waals surface area contributed by atoms with Gasteiger partial charge in [0.05, 0.1) is 0 Å². The summed E-state index contributed by atoms with van der Waals surface area (Å²) >= 11 is 0. The number of aryl methyl sites for hydroxylation is 4. The van der Waals surface area contributed by atoms with Gasteiger partial charge in [0.1, 0.15) is 5.75 Å². The Morgan fingerprint density at radius 1 is 0.679 bits per heavy atom. The van der Waals surface area contributed by atoms with Gasteiger partial charge in [-0.05, 0) is 83.6 Å². The van der Waals surface area contributed by atoms with Crippen molar-refractivity contribution in [2.24, 2.45) is 0 Å². The summed E-state index contributed by atoms with van der Waals surface area (Å²) in [6, 6.07) is 19.5. The molecule has 0 fully saturated rings. The van der Waals surface area contributed by atoms with Crippen molar-refractivity contribution in [3.63, 3.8) is 0 Å². The highest BCUT2D eigenvalue weighted by Crippen LogP contribution is 2.44. The molecule has 4 aromatic carbocycles. The highest BCUT2D eigenvalue weighted by molar-refractivity contribution is 6.16. The topological polar surface area (TPSA) is 18.5 Å². The van der Waals surface area contributed by atoms with Crippen LogP contribution in [0.2, 0.25) is 0 Å². The molecule has 0 heterocycles. The summed E-state index contributed by atoms with van der Waals surface area (Å²) in [5.41, 5.74) is 7.50. The zero-order valence-corrected chi connectivity index (χ0v) is 17.2. The molecular weight excluding hydrogens is 344 g/mol. The fraction of sp³-hybridized carbons (Fsp3) is 0.231. The largest absolute Gasteiger partial charge is 0.467 e.